The Morgan fingerprint density at radius 3 is 2.70 bits per heavy atom. The van der Waals surface area contributed by atoms with Crippen molar-refractivity contribution in [1.29, 1.82) is 0 Å². The van der Waals surface area contributed by atoms with E-state index in [9.17, 15) is 5.11 Å². The van der Waals surface area contributed by atoms with Crippen LogP contribution in [0.2, 0.25) is 0 Å². The van der Waals surface area contributed by atoms with Gasteiger partial charge in [0.05, 0.1) is 0 Å². The van der Waals surface area contributed by atoms with Gasteiger partial charge in [-0.2, -0.15) is 0 Å². The van der Waals surface area contributed by atoms with Gasteiger partial charge in [0.15, 0.2) is 0 Å². The number of nitrogens with two attached hydrogens (primary N) is 1. The van der Waals surface area contributed by atoms with E-state index in [2.05, 4.69) is 38.7 Å². The molecule has 3 heteroatoms. The summed E-state index contributed by atoms with van der Waals surface area (Å²) in [6.45, 7) is 12.3. The Morgan fingerprint density at radius 1 is 1.39 bits per heavy atom. The largest absolute Gasteiger partial charge is 0.508 e. The molecule has 0 aliphatic carbocycles. The van der Waals surface area contributed by atoms with E-state index in [0.717, 1.165) is 32.5 Å². The molecule has 0 amide bonds. The van der Waals surface area contributed by atoms with Crippen molar-refractivity contribution in [2.24, 2.45) is 17.6 Å². The van der Waals surface area contributed by atoms with E-state index in [0.29, 0.717) is 23.6 Å². The fourth-order valence-electron chi connectivity index (χ4n) is 4.07. The zero-order valence-corrected chi connectivity index (χ0v) is 15.3. The number of rotatable bonds is 6. The van der Waals surface area contributed by atoms with Crippen molar-refractivity contribution in [2.75, 3.05) is 19.6 Å². The zero-order valence-electron chi connectivity index (χ0n) is 15.3. The molecule has 0 aromatic heterocycles. The monoisotopic (exact) mass is 318 g/mol. The van der Waals surface area contributed by atoms with Gasteiger partial charge in [0.25, 0.3) is 0 Å². The van der Waals surface area contributed by atoms with Crippen LogP contribution in [-0.4, -0.2) is 35.7 Å². The fraction of sp³-hybridized carbons (Fsp3) is 0.700. The zero-order chi connectivity index (χ0) is 17.0. The second-order valence-electron chi connectivity index (χ2n) is 7.97. The first-order valence-corrected chi connectivity index (χ1v) is 9.10. The third-order valence-electron chi connectivity index (χ3n) is 5.78. The van der Waals surface area contributed by atoms with Crippen LogP contribution in [0.25, 0.3) is 0 Å². The van der Waals surface area contributed by atoms with Crippen molar-refractivity contribution < 1.29 is 5.11 Å². The number of phenols is 1. The molecule has 1 aromatic rings. The first kappa shape index (κ1) is 18.3. The quantitative estimate of drug-likeness (QED) is 0.840. The Balaban J connectivity index is 2.11. The summed E-state index contributed by atoms with van der Waals surface area (Å²) >= 11 is 0. The molecular formula is C20H34N2O. The van der Waals surface area contributed by atoms with Crippen LogP contribution in [0, 0.1) is 11.8 Å². The number of nitrogens with zero attached hydrogens (tertiary/aromatic N) is 1. The fourth-order valence-corrected chi connectivity index (χ4v) is 4.07. The van der Waals surface area contributed by atoms with Gasteiger partial charge >= 0.3 is 0 Å². The lowest BCUT2D eigenvalue weighted by Crippen LogP contribution is -2.51. The van der Waals surface area contributed by atoms with Crippen LogP contribution >= 0.6 is 0 Å². The molecule has 3 atom stereocenters. The van der Waals surface area contributed by atoms with Gasteiger partial charge in [0.2, 0.25) is 0 Å². The van der Waals surface area contributed by atoms with Crippen molar-refractivity contribution in [2.45, 2.75) is 58.4 Å². The molecule has 1 aromatic carbocycles. The number of piperidine rings is 1. The highest BCUT2D eigenvalue weighted by Gasteiger charge is 2.39. The average molecular weight is 319 g/mol. The number of likely N-dealkylation sites (tertiary alicyclic amines) is 1. The summed E-state index contributed by atoms with van der Waals surface area (Å²) in [5, 5.41) is 9.83. The Hall–Kier alpha value is -1.06. The summed E-state index contributed by atoms with van der Waals surface area (Å²) in [5.41, 5.74) is 7.26. The second-order valence-corrected chi connectivity index (χ2v) is 7.97. The topological polar surface area (TPSA) is 49.5 Å². The Labute approximate surface area is 141 Å². The highest BCUT2D eigenvalue weighted by atomic mass is 16.3. The van der Waals surface area contributed by atoms with E-state index in [1.54, 1.807) is 6.07 Å². The normalized spacial score (nSPS) is 27.3. The summed E-state index contributed by atoms with van der Waals surface area (Å²) in [6.07, 6.45) is 3.46. The summed E-state index contributed by atoms with van der Waals surface area (Å²) in [7, 11) is 0. The molecule has 3 nitrogen and oxygen atoms in total. The van der Waals surface area contributed by atoms with Gasteiger partial charge in [-0.15, -0.1) is 0 Å². The van der Waals surface area contributed by atoms with Gasteiger partial charge in [-0.1, -0.05) is 39.8 Å². The summed E-state index contributed by atoms with van der Waals surface area (Å²) in [6, 6.07) is 8.43. The first-order valence-electron chi connectivity index (χ1n) is 9.10. The number of benzene rings is 1. The lowest BCUT2D eigenvalue weighted by atomic mass is 9.67. The Morgan fingerprint density at radius 2 is 2.13 bits per heavy atom. The van der Waals surface area contributed by atoms with Crippen molar-refractivity contribution in [1.82, 2.24) is 4.90 Å². The van der Waals surface area contributed by atoms with E-state index in [-0.39, 0.29) is 5.41 Å². The van der Waals surface area contributed by atoms with Crippen LogP contribution in [0.1, 0.15) is 52.5 Å². The maximum atomic E-state index is 9.83. The summed E-state index contributed by atoms with van der Waals surface area (Å²) < 4.78 is 0. The van der Waals surface area contributed by atoms with Crippen LogP contribution < -0.4 is 5.73 Å². The van der Waals surface area contributed by atoms with E-state index in [1.165, 1.54) is 12.0 Å². The van der Waals surface area contributed by atoms with Crippen molar-refractivity contribution in [3.05, 3.63) is 29.8 Å². The van der Waals surface area contributed by atoms with Gasteiger partial charge in [-0.05, 0) is 67.3 Å². The van der Waals surface area contributed by atoms with Crippen LogP contribution in [0.3, 0.4) is 0 Å². The maximum Gasteiger partial charge on any atom is 0.115 e. The standard InChI is InChI=1S/C20H34N2O/c1-15(2)12-18(8-10-21)22-11-9-20(4,16(3)14-22)17-6-5-7-19(23)13-17/h5-7,13,15-16,18,23H,8-12,14,21H2,1-4H3. The number of aromatic hydroxyl groups is 1. The van der Waals surface area contributed by atoms with E-state index in [4.69, 9.17) is 5.73 Å². The molecule has 130 valence electrons. The third-order valence-corrected chi connectivity index (χ3v) is 5.78. The molecule has 1 aliphatic rings. The van der Waals surface area contributed by atoms with Crippen LogP contribution in [0.4, 0.5) is 0 Å². The predicted octanol–water partition coefficient (Wildman–Crippen LogP) is 3.76. The van der Waals surface area contributed by atoms with Gasteiger partial charge in [0, 0.05) is 12.6 Å². The molecule has 23 heavy (non-hydrogen) atoms. The van der Waals surface area contributed by atoms with Gasteiger partial charge < -0.3 is 15.7 Å². The van der Waals surface area contributed by atoms with Crippen LogP contribution in [0.5, 0.6) is 5.75 Å². The van der Waals surface area contributed by atoms with Crippen LogP contribution in [-0.2, 0) is 5.41 Å². The molecule has 0 saturated carbocycles. The molecule has 0 bridgehead atoms. The van der Waals surface area contributed by atoms with Gasteiger partial charge in [-0.25, -0.2) is 0 Å². The second kappa shape index (κ2) is 7.67. The van der Waals surface area contributed by atoms with Gasteiger partial charge in [0.1, 0.15) is 5.75 Å². The van der Waals surface area contributed by atoms with Gasteiger partial charge in [-0.3, -0.25) is 0 Å². The minimum absolute atomic E-state index is 0.139. The molecule has 3 N–H and O–H groups in total. The average Bonchev–Trinajstić information content (AvgIpc) is 2.49. The molecule has 1 aliphatic heterocycles. The lowest BCUT2D eigenvalue weighted by molar-refractivity contribution is 0.0634. The van der Waals surface area contributed by atoms with E-state index < -0.39 is 0 Å². The molecule has 3 unspecified atom stereocenters. The summed E-state index contributed by atoms with van der Waals surface area (Å²) in [5.74, 6) is 1.64. The minimum Gasteiger partial charge on any atom is -0.508 e. The van der Waals surface area contributed by atoms with E-state index >= 15 is 0 Å². The molecule has 1 fully saturated rings. The maximum absolute atomic E-state index is 9.83. The van der Waals surface area contributed by atoms with Crippen LogP contribution in [0.15, 0.2) is 24.3 Å². The van der Waals surface area contributed by atoms with Crippen molar-refractivity contribution in [3.63, 3.8) is 0 Å². The number of hydrogen-bond donors (Lipinski definition) is 2. The minimum atomic E-state index is 0.139. The highest BCUT2D eigenvalue weighted by molar-refractivity contribution is 5.33. The lowest BCUT2D eigenvalue weighted by Gasteiger charge is -2.48. The smallest absolute Gasteiger partial charge is 0.115 e. The highest BCUT2D eigenvalue weighted by Crippen LogP contribution is 2.41. The molecular weight excluding hydrogens is 284 g/mol. The van der Waals surface area contributed by atoms with Crippen molar-refractivity contribution >= 4 is 0 Å². The molecule has 2 rings (SSSR count). The first-order chi connectivity index (χ1) is 10.9. The summed E-state index contributed by atoms with van der Waals surface area (Å²) in [4.78, 5) is 2.65. The SMILES string of the molecule is CC(C)CC(CCN)N1CCC(C)(c2cccc(O)c2)C(C)C1. The predicted molar refractivity (Wildman–Crippen MR) is 97.7 cm³/mol. The molecule has 1 saturated heterocycles. The van der Waals surface area contributed by atoms with Crippen molar-refractivity contribution in [3.8, 4) is 5.75 Å². The number of phenolic OH excluding ortho intramolecular Hbond substituents is 1. The molecule has 0 radical (unpaired) electrons. The Kier molecular flexibility index (Phi) is 6.10. The molecule has 0 spiro atoms. The third kappa shape index (κ3) is 4.27. The molecule has 1 heterocycles. The number of hydrogen-bond acceptors (Lipinski definition) is 3. The Bertz CT molecular complexity index is 502. The van der Waals surface area contributed by atoms with E-state index in [1.807, 2.05) is 12.1 Å².